The molecule has 2 heterocycles. The number of aliphatic imine (C=N–C) groups is 1. The van der Waals surface area contributed by atoms with Gasteiger partial charge in [-0.2, -0.15) is 0 Å². The summed E-state index contributed by atoms with van der Waals surface area (Å²) in [5.41, 5.74) is 0.446. The van der Waals surface area contributed by atoms with Crippen molar-refractivity contribution in [2.45, 2.75) is 52.5 Å². The number of morpholine rings is 1. The van der Waals surface area contributed by atoms with Gasteiger partial charge >= 0.3 is 0 Å². The molecule has 5 nitrogen and oxygen atoms in total. The monoisotopic (exact) mass is 452 g/mol. The summed E-state index contributed by atoms with van der Waals surface area (Å²) in [4.78, 5) is 9.49. The van der Waals surface area contributed by atoms with E-state index in [1.807, 2.05) is 7.05 Å². The highest BCUT2D eigenvalue weighted by Gasteiger charge is 2.30. The van der Waals surface area contributed by atoms with E-state index in [0.717, 1.165) is 51.9 Å². The minimum absolute atomic E-state index is 0. The molecule has 0 spiro atoms. The molecule has 142 valence electrons. The van der Waals surface area contributed by atoms with Crippen LogP contribution in [0.1, 0.15) is 46.5 Å². The molecule has 2 aliphatic rings. The fourth-order valence-electron chi connectivity index (χ4n) is 3.49. The first-order chi connectivity index (χ1) is 11.0. The van der Waals surface area contributed by atoms with Crippen LogP contribution in [0.4, 0.5) is 0 Å². The van der Waals surface area contributed by atoms with Crippen LogP contribution in [0.3, 0.4) is 0 Å². The second-order valence-electron chi connectivity index (χ2n) is 8.03. The first kappa shape index (κ1) is 22.0. The third-order valence-electron chi connectivity index (χ3n) is 4.87. The van der Waals surface area contributed by atoms with E-state index < -0.39 is 0 Å². The van der Waals surface area contributed by atoms with Crippen LogP contribution in [0.25, 0.3) is 0 Å². The molecule has 0 saturated carbocycles. The third kappa shape index (κ3) is 7.44. The molecule has 0 aliphatic carbocycles. The van der Waals surface area contributed by atoms with Crippen molar-refractivity contribution in [3.8, 4) is 0 Å². The van der Waals surface area contributed by atoms with E-state index in [4.69, 9.17) is 4.74 Å². The first-order valence-electron chi connectivity index (χ1n) is 9.27. The van der Waals surface area contributed by atoms with Gasteiger partial charge in [0.15, 0.2) is 5.96 Å². The van der Waals surface area contributed by atoms with E-state index in [-0.39, 0.29) is 24.0 Å². The molecule has 1 atom stereocenters. The van der Waals surface area contributed by atoms with Crippen LogP contribution in [0.15, 0.2) is 4.99 Å². The topological polar surface area (TPSA) is 40.1 Å². The number of nitrogens with zero attached hydrogens (tertiary/aromatic N) is 3. The van der Waals surface area contributed by atoms with Gasteiger partial charge < -0.3 is 15.0 Å². The van der Waals surface area contributed by atoms with Crippen LogP contribution < -0.4 is 5.32 Å². The van der Waals surface area contributed by atoms with Crippen molar-refractivity contribution < 1.29 is 4.74 Å². The Kier molecular flexibility index (Phi) is 9.89. The maximum Gasteiger partial charge on any atom is 0.193 e. The minimum atomic E-state index is 0. The largest absolute Gasteiger partial charge is 0.379 e. The normalized spacial score (nSPS) is 23.2. The Bertz CT molecular complexity index is 378. The summed E-state index contributed by atoms with van der Waals surface area (Å²) in [5.74, 6) is 1.08. The molecular formula is C18H37IN4O. The van der Waals surface area contributed by atoms with Crippen LogP contribution in [-0.4, -0.2) is 74.8 Å². The molecule has 0 bridgehead atoms. The lowest BCUT2D eigenvalue weighted by Gasteiger charge is -2.32. The van der Waals surface area contributed by atoms with Gasteiger partial charge in [-0.25, -0.2) is 0 Å². The highest BCUT2D eigenvalue weighted by atomic mass is 127. The van der Waals surface area contributed by atoms with Crippen molar-refractivity contribution in [2.75, 3.05) is 53.0 Å². The maximum atomic E-state index is 5.46. The third-order valence-corrected chi connectivity index (χ3v) is 4.87. The smallest absolute Gasteiger partial charge is 0.193 e. The summed E-state index contributed by atoms with van der Waals surface area (Å²) in [6.45, 7) is 14.1. The Morgan fingerprint density at radius 2 is 1.88 bits per heavy atom. The van der Waals surface area contributed by atoms with Gasteiger partial charge in [-0.1, -0.05) is 27.2 Å². The zero-order valence-corrected chi connectivity index (χ0v) is 18.3. The number of rotatable bonds is 5. The lowest BCUT2D eigenvalue weighted by atomic mass is 9.90. The number of ether oxygens (including phenoxy) is 1. The first-order valence-corrected chi connectivity index (χ1v) is 9.27. The predicted molar refractivity (Wildman–Crippen MR) is 112 cm³/mol. The van der Waals surface area contributed by atoms with Gasteiger partial charge in [-0.15, -0.1) is 24.0 Å². The molecule has 1 N–H and O–H groups in total. The molecule has 6 heteroatoms. The number of likely N-dealkylation sites (tertiary alicyclic amines) is 1. The lowest BCUT2D eigenvalue weighted by molar-refractivity contribution is 0.0195. The summed E-state index contributed by atoms with van der Waals surface area (Å²) in [5, 5.41) is 3.55. The Balaban J connectivity index is 0.00000288. The molecule has 0 amide bonds. The summed E-state index contributed by atoms with van der Waals surface area (Å²) in [6, 6.07) is 0.665. The van der Waals surface area contributed by atoms with Crippen molar-refractivity contribution in [1.29, 1.82) is 0 Å². The molecule has 2 saturated heterocycles. The van der Waals surface area contributed by atoms with Gasteiger partial charge in [0.1, 0.15) is 0 Å². The van der Waals surface area contributed by atoms with E-state index in [1.165, 1.54) is 25.7 Å². The molecule has 2 aliphatic heterocycles. The molecular weight excluding hydrogens is 415 g/mol. The fourth-order valence-corrected chi connectivity index (χ4v) is 3.49. The van der Waals surface area contributed by atoms with Crippen molar-refractivity contribution in [3.63, 3.8) is 0 Å². The van der Waals surface area contributed by atoms with Crippen LogP contribution in [-0.2, 0) is 4.74 Å². The molecule has 1 unspecified atom stereocenters. The van der Waals surface area contributed by atoms with E-state index in [9.17, 15) is 0 Å². The van der Waals surface area contributed by atoms with E-state index in [0.29, 0.717) is 11.5 Å². The molecule has 24 heavy (non-hydrogen) atoms. The summed E-state index contributed by atoms with van der Waals surface area (Å²) < 4.78 is 5.46. The molecule has 2 fully saturated rings. The Hall–Kier alpha value is -0.0800. The number of nitrogens with one attached hydrogen (secondary N) is 1. The van der Waals surface area contributed by atoms with Gasteiger partial charge in [0, 0.05) is 45.8 Å². The standard InChI is InChI=1S/C18H36N4O.HI/c1-18(2,3)8-5-6-9-20-17(19-4)22-10-7-16(15-22)21-11-13-23-14-12-21;/h16H,5-15H2,1-4H3,(H,19,20);1H. The summed E-state index contributed by atoms with van der Waals surface area (Å²) in [7, 11) is 1.90. The van der Waals surface area contributed by atoms with Crippen molar-refractivity contribution in [2.24, 2.45) is 10.4 Å². The van der Waals surface area contributed by atoms with E-state index in [1.54, 1.807) is 0 Å². The van der Waals surface area contributed by atoms with Gasteiger partial charge in [0.05, 0.1) is 13.2 Å². The molecule has 0 aromatic rings. The predicted octanol–water partition coefficient (Wildman–Crippen LogP) is 2.80. The van der Waals surface area contributed by atoms with Crippen LogP contribution >= 0.6 is 24.0 Å². The molecule has 0 aromatic carbocycles. The average molecular weight is 452 g/mol. The Morgan fingerprint density at radius 3 is 2.50 bits per heavy atom. The van der Waals surface area contributed by atoms with E-state index >= 15 is 0 Å². The summed E-state index contributed by atoms with van der Waals surface area (Å²) in [6.07, 6.45) is 5.03. The summed E-state index contributed by atoms with van der Waals surface area (Å²) >= 11 is 0. The second kappa shape index (κ2) is 10.8. The van der Waals surface area contributed by atoms with Crippen LogP contribution in [0.5, 0.6) is 0 Å². The van der Waals surface area contributed by atoms with Gasteiger partial charge in [0.2, 0.25) is 0 Å². The van der Waals surface area contributed by atoms with Gasteiger partial charge in [-0.3, -0.25) is 9.89 Å². The van der Waals surface area contributed by atoms with Crippen molar-refractivity contribution in [1.82, 2.24) is 15.1 Å². The SMILES string of the molecule is CN=C(NCCCCC(C)(C)C)N1CCC(N2CCOCC2)C1.I. The lowest BCUT2D eigenvalue weighted by Crippen LogP contribution is -2.46. The molecule has 0 radical (unpaired) electrons. The molecule has 0 aromatic heterocycles. The second-order valence-corrected chi connectivity index (χ2v) is 8.03. The number of hydrogen-bond donors (Lipinski definition) is 1. The number of guanidine groups is 1. The van der Waals surface area contributed by atoms with Crippen molar-refractivity contribution in [3.05, 3.63) is 0 Å². The number of halogens is 1. The number of unbranched alkanes of at least 4 members (excludes halogenated alkanes) is 1. The van der Waals surface area contributed by atoms with Crippen molar-refractivity contribution >= 4 is 29.9 Å². The highest BCUT2D eigenvalue weighted by Crippen LogP contribution is 2.21. The van der Waals surface area contributed by atoms with Crippen LogP contribution in [0, 0.1) is 5.41 Å². The maximum absolute atomic E-state index is 5.46. The fraction of sp³-hybridized carbons (Fsp3) is 0.944. The zero-order valence-electron chi connectivity index (χ0n) is 16.0. The highest BCUT2D eigenvalue weighted by molar-refractivity contribution is 14.0. The van der Waals surface area contributed by atoms with Gasteiger partial charge in [-0.05, 0) is 24.7 Å². The Labute approximate surface area is 165 Å². The molecule has 2 rings (SSSR count). The number of hydrogen-bond acceptors (Lipinski definition) is 3. The quantitative estimate of drug-likeness (QED) is 0.302. The van der Waals surface area contributed by atoms with Crippen LogP contribution in [0.2, 0.25) is 0 Å². The average Bonchev–Trinajstić information content (AvgIpc) is 3.00. The minimum Gasteiger partial charge on any atom is -0.379 e. The Morgan fingerprint density at radius 1 is 1.17 bits per heavy atom. The van der Waals surface area contributed by atoms with E-state index in [2.05, 4.69) is 40.9 Å². The zero-order chi connectivity index (χ0) is 16.7. The van der Waals surface area contributed by atoms with Gasteiger partial charge in [0.25, 0.3) is 0 Å².